The highest BCUT2D eigenvalue weighted by molar-refractivity contribution is 5.74. The van der Waals surface area contributed by atoms with Gasteiger partial charge in [-0.3, -0.25) is 4.90 Å². The molecule has 6 heteroatoms. The zero-order valence-electron chi connectivity index (χ0n) is 12.1. The highest BCUT2D eigenvalue weighted by Crippen LogP contribution is 2.29. The van der Waals surface area contributed by atoms with Crippen molar-refractivity contribution in [3.8, 4) is 0 Å². The Morgan fingerprint density at radius 2 is 2.00 bits per heavy atom. The van der Waals surface area contributed by atoms with E-state index in [0.717, 1.165) is 52.2 Å². The standard InChI is InChI=1S/C14H25N3O3/c18-14(15-4-5-16-6-9-19-10-7-16)17-8-11-20-13-3-1-2-12(13)17/h12-13H,1-11H2,(H,15,18)/t12-,13+/m1/s1. The molecule has 2 atom stereocenters. The van der Waals surface area contributed by atoms with Crippen LogP contribution in [0.3, 0.4) is 0 Å². The van der Waals surface area contributed by atoms with E-state index in [4.69, 9.17) is 9.47 Å². The van der Waals surface area contributed by atoms with Gasteiger partial charge in [0.15, 0.2) is 0 Å². The number of fused-ring (bicyclic) bond motifs is 1. The van der Waals surface area contributed by atoms with Crippen molar-refractivity contribution in [1.29, 1.82) is 0 Å². The van der Waals surface area contributed by atoms with Crippen LogP contribution in [0.5, 0.6) is 0 Å². The summed E-state index contributed by atoms with van der Waals surface area (Å²) in [6.07, 6.45) is 3.63. The Bertz CT molecular complexity index is 334. The van der Waals surface area contributed by atoms with Crippen LogP contribution in [0.25, 0.3) is 0 Å². The van der Waals surface area contributed by atoms with Crippen molar-refractivity contribution in [3.05, 3.63) is 0 Å². The molecule has 0 aromatic heterocycles. The topological polar surface area (TPSA) is 54.0 Å². The minimum atomic E-state index is 0.0819. The molecule has 3 rings (SSSR count). The van der Waals surface area contributed by atoms with Crippen molar-refractivity contribution >= 4 is 6.03 Å². The predicted octanol–water partition coefficient (Wildman–Crippen LogP) is 0.282. The summed E-state index contributed by atoms with van der Waals surface area (Å²) in [5.41, 5.74) is 0. The number of amides is 2. The largest absolute Gasteiger partial charge is 0.379 e. The van der Waals surface area contributed by atoms with Gasteiger partial charge in [-0.1, -0.05) is 0 Å². The number of hydrogen-bond donors (Lipinski definition) is 1. The van der Waals surface area contributed by atoms with Gasteiger partial charge in [0.05, 0.1) is 32.0 Å². The second kappa shape index (κ2) is 6.74. The van der Waals surface area contributed by atoms with Gasteiger partial charge >= 0.3 is 6.03 Å². The second-order valence-corrected chi connectivity index (χ2v) is 5.79. The smallest absolute Gasteiger partial charge is 0.317 e. The molecule has 0 spiro atoms. The lowest BCUT2D eigenvalue weighted by Crippen LogP contribution is -2.55. The summed E-state index contributed by atoms with van der Waals surface area (Å²) in [6, 6.07) is 0.380. The molecule has 0 aromatic carbocycles. The fourth-order valence-corrected chi connectivity index (χ4v) is 3.43. The quantitative estimate of drug-likeness (QED) is 0.808. The highest BCUT2D eigenvalue weighted by Gasteiger charge is 2.38. The van der Waals surface area contributed by atoms with Gasteiger partial charge in [-0.05, 0) is 19.3 Å². The normalized spacial score (nSPS) is 31.1. The second-order valence-electron chi connectivity index (χ2n) is 5.79. The summed E-state index contributed by atoms with van der Waals surface area (Å²) in [7, 11) is 0. The fraction of sp³-hybridized carbons (Fsp3) is 0.929. The molecule has 2 heterocycles. The van der Waals surface area contributed by atoms with Crippen molar-refractivity contribution in [2.24, 2.45) is 0 Å². The molecule has 1 saturated carbocycles. The molecule has 6 nitrogen and oxygen atoms in total. The molecule has 2 aliphatic heterocycles. The number of morpholine rings is 2. The Hall–Kier alpha value is -0.850. The number of hydrogen-bond acceptors (Lipinski definition) is 4. The van der Waals surface area contributed by atoms with Crippen LogP contribution in [-0.4, -0.2) is 80.5 Å². The van der Waals surface area contributed by atoms with Crippen LogP contribution in [-0.2, 0) is 9.47 Å². The molecular weight excluding hydrogens is 258 g/mol. The third kappa shape index (κ3) is 3.24. The predicted molar refractivity (Wildman–Crippen MR) is 74.7 cm³/mol. The maximum atomic E-state index is 12.3. The van der Waals surface area contributed by atoms with E-state index in [1.807, 2.05) is 4.90 Å². The number of carbonyl (C=O) groups is 1. The van der Waals surface area contributed by atoms with Gasteiger partial charge in [0.1, 0.15) is 0 Å². The van der Waals surface area contributed by atoms with Crippen molar-refractivity contribution in [3.63, 3.8) is 0 Å². The summed E-state index contributed by atoms with van der Waals surface area (Å²) < 4.78 is 11.1. The molecule has 0 aromatic rings. The third-order valence-corrected chi connectivity index (χ3v) is 4.55. The average Bonchev–Trinajstić information content (AvgIpc) is 2.96. The summed E-state index contributed by atoms with van der Waals surface area (Å²) in [4.78, 5) is 16.6. The zero-order valence-corrected chi connectivity index (χ0v) is 12.1. The summed E-state index contributed by atoms with van der Waals surface area (Å²) in [5.74, 6) is 0. The zero-order chi connectivity index (χ0) is 13.8. The molecule has 2 saturated heterocycles. The first kappa shape index (κ1) is 14.1. The van der Waals surface area contributed by atoms with Gasteiger partial charge in [0, 0.05) is 32.7 Å². The van der Waals surface area contributed by atoms with Gasteiger partial charge in [-0.25, -0.2) is 4.79 Å². The van der Waals surface area contributed by atoms with Crippen LogP contribution in [0, 0.1) is 0 Å². The number of nitrogens with zero attached hydrogens (tertiary/aromatic N) is 2. The van der Waals surface area contributed by atoms with Crippen molar-refractivity contribution in [1.82, 2.24) is 15.1 Å². The monoisotopic (exact) mass is 283 g/mol. The molecular formula is C14H25N3O3. The van der Waals surface area contributed by atoms with E-state index < -0.39 is 0 Å². The Kier molecular flexibility index (Phi) is 4.75. The molecule has 0 bridgehead atoms. The lowest BCUT2D eigenvalue weighted by molar-refractivity contribution is -0.0383. The molecule has 20 heavy (non-hydrogen) atoms. The van der Waals surface area contributed by atoms with Crippen LogP contribution in [0.4, 0.5) is 4.79 Å². The lowest BCUT2D eigenvalue weighted by Gasteiger charge is -2.37. The molecule has 3 aliphatic rings. The van der Waals surface area contributed by atoms with Crippen molar-refractivity contribution in [2.45, 2.75) is 31.4 Å². The fourth-order valence-electron chi connectivity index (χ4n) is 3.43. The SMILES string of the molecule is O=C(NCCN1CCOCC1)N1CCO[C@H]2CCC[C@H]21. The number of carbonyl (C=O) groups excluding carboxylic acids is 1. The van der Waals surface area contributed by atoms with Crippen LogP contribution < -0.4 is 5.32 Å². The Morgan fingerprint density at radius 3 is 2.85 bits per heavy atom. The van der Waals surface area contributed by atoms with Crippen LogP contribution in [0.1, 0.15) is 19.3 Å². The molecule has 1 aliphatic carbocycles. The number of urea groups is 1. The lowest BCUT2D eigenvalue weighted by atomic mass is 10.1. The summed E-state index contributed by atoms with van der Waals surface area (Å²) in [5, 5.41) is 3.06. The Morgan fingerprint density at radius 1 is 1.15 bits per heavy atom. The highest BCUT2D eigenvalue weighted by atomic mass is 16.5. The van der Waals surface area contributed by atoms with E-state index in [-0.39, 0.29) is 12.1 Å². The van der Waals surface area contributed by atoms with E-state index in [1.165, 1.54) is 6.42 Å². The van der Waals surface area contributed by atoms with Gasteiger partial charge < -0.3 is 19.7 Å². The van der Waals surface area contributed by atoms with Crippen LogP contribution in [0.15, 0.2) is 0 Å². The third-order valence-electron chi connectivity index (χ3n) is 4.55. The molecule has 0 radical (unpaired) electrons. The summed E-state index contributed by atoms with van der Waals surface area (Å²) >= 11 is 0. The Labute approximate surface area is 120 Å². The first-order chi connectivity index (χ1) is 9.84. The Balaban J connectivity index is 1.41. The van der Waals surface area contributed by atoms with E-state index >= 15 is 0 Å². The molecule has 2 amide bonds. The van der Waals surface area contributed by atoms with Gasteiger partial charge in [-0.2, -0.15) is 0 Å². The first-order valence-corrected chi connectivity index (χ1v) is 7.81. The maximum absolute atomic E-state index is 12.3. The van der Waals surface area contributed by atoms with E-state index in [9.17, 15) is 4.79 Å². The minimum absolute atomic E-state index is 0.0819. The number of rotatable bonds is 3. The van der Waals surface area contributed by atoms with Crippen molar-refractivity contribution in [2.75, 3.05) is 52.5 Å². The molecule has 1 N–H and O–H groups in total. The molecule has 3 fully saturated rings. The van der Waals surface area contributed by atoms with Gasteiger partial charge in [0.2, 0.25) is 0 Å². The van der Waals surface area contributed by atoms with E-state index in [1.54, 1.807) is 0 Å². The van der Waals surface area contributed by atoms with E-state index in [2.05, 4.69) is 10.2 Å². The van der Waals surface area contributed by atoms with E-state index in [0.29, 0.717) is 19.2 Å². The van der Waals surface area contributed by atoms with Gasteiger partial charge in [-0.15, -0.1) is 0 Å². The summed E-state index contributed by atoms with van der Waals surface area (Å²) in [6.45, 7) is 6.59. The van der Waals surface area contributed by atoms with Crippen LogP contribution in [0.2, 0.25) is 0 Å². The maximum Gasteiger partial charge on any atom is 0.317 e. The average molecular weight is 283 g/mol. The van der Waals surface area contributed by atoms with Crippen LogP contribution >= 0.6 is 0 Å². The van der Waals surface area contributed by atoms with Crippen molar-refractivity contribution < 1.29 is 14.3 Å². The first-order valence-electron chi connectivity index (χ1n) is 7.81. The molecule has 114 valence electrons. The number of ether oxygens (including phenoxy) is 2. The van der Waals surface area contributed by atoms with Gasteiger partial charge in [0.25, 0.3) is 0 Å². The minimum Gasteiger partial charge on any atom is -0.379 e. The number of nitrogens with one attached hydrogen (secondary N) is 1. The molecule has 0 unspecified atom stereocenters.